The Morgan fingerprint density at radius 1 is 1.56 bits per heavy atom. The number of amides is 1. The topological polar surface area (TPSA) is 66.3 Å². The first-order chi connectivity index (χ1) is 7.56. The van der Waals surface area contributed by atoms with Crippen LogP contribution in [0.5, 0.6) is 0 Å². The lowest BCUT2D eigenvalue weighted by molar-refractivity contribution is 0.230. The van der Waals surface area contributed by atoms with Crippen LogP contribution in [0.1, 0.15) is 5.56 Å². The normalized spacial score (nSPS) is 10.6. The van der Waals surface area contributed by atoms with E-state index in [-0.39, 0.29) is 0 Å². The second-order valence-corrected chi connectivity index (χ2v) is 3.78. The predicted molar refractivity (Wildman–Crippen MR) is 59.6 cm³/mol. The molecule has 0 aliphatic carbocycles. The number of H-pyrrole nitrogens is 1. The van der Waals surface area contributed by atoms with E-state index in [2.05, 4.69) is 4.98 Å². The van der Waals surface area contributed by atoms with E-state index in [1.165, 1.54) is 4.90 Å². The molecule has 16 heavy (non-hydrogen) atoms. The molecule has 0 atom stereocenters. The van der Waals surface area contributed by atoms with Gasteiger partial charge in [0.25, 0.3) is 0 Å². The molecule has 1 N–H and O–H groups in total. The average Bonchev–Trinajstić information content (AvgIpc) is 2.57. The Labute approximate surface area is 95.6 Å². The number of fused-ring (bicyclic) bond motifs is 1. The van der Waals surface area contributed by atoms with Crippen LogP contribution < -0.4 is 5.76 Å². The van der Waals surface area contributed by atoms with Gasteiger partial charge in [-0.25, -0.2) is 4.79 Å². The first-order valence-corrected chi connectivity index (χ1v) is 4.96. The average molecular weight is 241 g/mol. The van der Waals surface area contributed by atoms with Gasteiger partial charge in [0.2, 0.25) is 0 Å². The molecule has 5 nitrogen and oxygen atoms in total. The summed E-state index contributed by atoms with van der Waals surface area (Å²) in [5.41, 5.74) is 1.94. The molecule has 2 aromatic rings. The van der Waals surface area contributed by atoms with Gasteiger partial charge in [0, 0.05) is 13.6 Å². The van der Waals surface area contributed by atoms with Gasteiger partial charge in [-0.2, -0.15) is 0 Å². The van der Waals surface area contributed by atoms with Crippen LogP contribution in [0.3, 0.4) is 0 Å². The fourth-order valence-electron chi connectivity index (χ4n) is 1.42. The molecule has 1 aromatic heterocycles. The summed E-state index contributed by atoms with van der Waals surface area (Å²) in [5.74, 6) is -0.492. The minimum absolute atomic E-state index is 0.368. The van der Waals surface area contributed by atoms with Crippen molar-refractivity contribution in [2.24, 2.45) is 0 Å². The molecule has 0 fully saturated rings. The zero-order chi connectivity index (χ0) is 11.7. The zero-order valence-electron chi connectivity index (χ0n) is 8.49. The van der Waals surface area contributed by atoms with Gasteiger partial charge in [-0.1, -0.05) is 6.07 Å². The summed E-state index contributed by atoms with van der Waals surface area (Å²) in [6.07, 6.45) is 0. The summed E-state index contributed by atoms with van der Waals surface area (Å²) in [6.45, 7) is 0.368. The second-order valence-electron chi connectivity index (χ2n) is 3.45. The number of hydrogen-bond donors (Lipinski definition) is 1. The van der Waals surface area contributed by atoms with Gasteiger partial charge in [-0.15, -0.1) is 0 Å². The Kier molecular flexibility index (Phi) is 2.70. The molecule has 0 radical (unpaired) electrons. The number of carbonyl (C=O) groups excluding carboxylic acids is 1. The van der Waals surface area contributed by atoms with E-state index in [1.54, 1.807) is 25.2 Å². The van der Waals surface area contributed by atoms with Crippen molar-refractivity contribution in [3.05, 3.63) is 34.3 Å². The minimum Gasteiger partial charge on any atom is -0.408 e. The fourth-order valence-corrected chi connectivity index (χ4v) is 1.48. The first kappa shape index (κ1) is 10.8. The molecule has 1 amide bonds. The monoisotopic (exact) mass is 240 g/mol. The number of halogens is 1. The molecule has 0 saturated carbocycles. The molecule has 0 aliphatic rings. The van der Waals surface area contributed by atoms with Crippen molar-refractivity contribution in [1.82, 2.24) is 9.88 Å². The van der Waals surface area contributed by atoms with E-state index in [9.17, 15) is 9.59 Å². The van der Waals surface area contributed by atoms with Crippen molar-refractivity contribution in [3.8, 4) is 0 Å². The fraction of sp³-hybridized carbons (Fsp3) is 0.200. The highest BCUT2D eigenvalue weighted by atomic mass is 35.5. The molecular weight excluding hydrogens is 232 g/mol. The van der Waals surface area contributed by atoms with Gasteiger partial charge < -0.3 is 9.32 Å². The summed E-state index contributed by atoms with van der Waals surface area (Å²) in [6, 6.07) is 5.22. The highest BCUT2D eigenvalue weighted by molar-refractivity contribution is 6.62. The summed E-state index contributed by atoms with van der Waals surface area (Å²) in [5, 5.41) is -0.532. The van der Waals surface area contributed by atoms with Crippen molar-refractivity contribution in [2.45, 2.75) is 6.54 Å². The van der Waals surface area contributed by atoms with Crippen molar-refractivity contribution in [1.29, 1.82) is 0 Å². The van der Waals surface area contributed by atoms with Crippen molar-refractivity contribution >= 4 is 28.1 Å². The maximum Gasteiger partial charge on any atom is 0.417 e. The molecule has 84 valence electrons. The Hall–Kier alpha value is -1.75. The van der Waals surface area contributed by atoms with Crippen molar-refractivity contribution in [2.75, 3.05) is 7.05 Å². The maximum absolute atomic E-state index is 10.9. The molecule has 0 bridgehead atoms. The van der Waals surface area contributed by atoms with Crippen molar-refractivity contribution in [3.63, 3.8) is 0 Å². The van der Waals surface area contributed by atoms with Crippen molar-refractivity contribution < 1.29 is 9.21 Å². The minimum atomic E-state index is -0.532. The van der Waals surface area contributed by atoms with E-state index in [0.29, 0.717) is 17.6 Å². The van der Waals surface area contributed by atoms with Crippen LogP contribution in [0, 0.1) is 0 Å². The van der Waals surface area contributed by atoms with E-state index in [0.717, 1.165) is 5.56 Å². The van der Waals surface area contributed by atoms with Crippen LogP contribution in [0.4, 0.5) is 4.79 Å². The van der Waals surface area contributed by atoms with Gasteiger partial charge in [0.1, 0.15) is 0 Å². The highest BCUT2D eigenvalue weighted by Crippen LogP contribution is 2.14. The maximum atomic E-state index is 10.9. The number of hydrogen-bond acceptors (Lipinski definition) is 3. The molecular formula is C10H9ClN2O3. The first-order valence-electron chi connectivity index (χ1n) is 4.58. The van der Waals surface area contributed by atoms with Crippen LogP contribution in [0.15, 0.2) is 27.4 Å². The Bertz CT molecular complexity index is 587. The molecule has 1 heterocycles. The van der Waals surface area contributed by atoms with Crippen LogP contribution in [-0.2, 0) is 6.54 Å². The quantitative estimate of drug-likeness (QED) is 0.644. The number of benzene rings is 1. The number of rotatable bonds is 2. The smallest absolute Gasteiger partial charge is 0.408 e. The lowest BCUT2D eigenvalue weighted by Gasteiger charge is -2.12. The number of nitrogens with zero attached hydrogens (tertiary/aromatic N) is 1. The number of aromatic amines is 1. The summed E-state index contributed by atoms with van der Waals surface area (Å²) >= 11 is 5.31. The van der Waals surface area contributed by atoms with E-state index >= 15 is 0 Å². The second kappa shape index (κ2) is 4.02. The Morgan fingerprint density at radius 3 is 3.00 bits per heavy atom. The van der Waals surface area contributed by atoms with Gasteiger partial charge in [-0.05, 0) is 29.3 Å². The van der Waals surface area contributed by atoms with Gasteiger partial charge >= 0.3 is 11.1 Å². The lowest BCUT2D eigenvalue weighted by atomic mass is 10.2. The number of carbonyl (C=O) groups is 1. The SMILES string of the molecule is CN(Cc1ccc2[nH]c(=O)oc2c1)C(=O)Cl. The van der Waals surface area contributed by atoms with Gasteiger partial charge in [-0.3, -0.25) is 9.78 Å². The number of aromatic nitrogens is 1. The molecule has 2 rings (SSSR count). The predicted octanol–water partition coefficient (Wildman–Crippen LogP) is 1.91. The summed E-state index contributed by atoms with van der Waals surface area (Å²) < 4.78 is 4.90. The molecule has 0 spiro atoms. The molecule has 6 heteroatoms. The Morgan fingerprint density at radius 2 is 2.31 bits per heavy atom. The van der Waals surface area contributed by atoms with Crippen LogP contribution in [-0.4, -0.2) is 22.3 Å². The summed E-state index contributed by atoms with van der Waals surface area (Å²) in [7, 11) is 1.59. The van der Waals surface area contributed by atoms with Gasteiger partial charge in [0.15, 0.2) is 5.58 Å². The number of nitrogens with one attached hydrogen (secondary N) is 1. The van der Waals surface area contributed by atoms with Gasteiger partial charge in [0.05, 0.1) is 5.52 Å². The van der Waals surface area contributed by atoms with Crippen LogP contribution in [0.25, 0.3) is 11.1 Å². The number of oxazole rings is 1. The third kappa shape index (κ3) is 2.09. The molecule has 0 aliphatic heterocycles. The van der Waals surface area contributed by atoms with Crippen LogP contribution >= 0.6 is 11.6 Å². The standard InChI is InChI=1S/C10H9ClN2O3/c1-13(9(11)14)5-6-2-3-7-8(4-6)16-10(15)12-7/h2-4H,5H2,1H3,(H,12,15). The Balaban J connectivity index is 2.32. The third-order valence-corrected chi connectivity index (χ3v) is 2.49. The van der Waals surface area contributed by atoms with E-state index in [4.69, 9.17) is 16.0 Å². The lowest BCUT2D eigenvalue weighted by Crippen LogP contribution is -2.19. The molecule has 1 aromatic carbocycles. The third-order valence-electron chi connectivity index (χ3n) is 2.21. The molecule has 0 unspecified atom stereocenters. The summed E-state index contributed by atoms with van der Waals surface area (Å²) in [4.78, 5) is 25.6. The highest BCUT2D eigenvalue weighted by Gasteiger charge is 2.07. The largest absolute Gasteiger partial charge is 0.417 e. The molecule has 0 saturated heterocycles. The van der Waals surface area contributed by atoms with Crippen LogP contribution in [0.2, 0.25) is 0 Å². The van der Waals surface area contributed by atoms with E-state index < -0.39 is 11.1 Å². The zero-order valence-corrected chi connectivity index (χ0v) is 9.25. The van der Waals surface area contributed by atoms with E-state index in [1.807, 2.05) is 0 Å².